The van der Waals surface area contributed by atoms with E-state index < -0.39 is 57.6 Å². The van der Waals surface area contributed by atoms with Gasteiger partial charge in [-0.2, -0.15) is 0 Å². The molecule has 0 aliphatic carbocycles. The fourth-order valence-electron chi connectivity index (χ4n) is 4.89. The second kappa shape index (κ2) is 11.4. The lowest BCUT2D eigenvalue weighted by atomic mass is 10.1. The average Bonchev–Trinajstić information content (AvgIpc) is 3.87. The Bertz CT molecular complexity index is 2420. The summed E-state index contributed by atoms with van der Waals surface area (Å²) in [6.45, 7) is 0. The monoisotopic (exact) mass is 724 g/mol. The van der Waals surface area contributed by atoms with Crippen LogP contribution in [-0.2, 0) is 0 Å². The van der Waals surface area contributed by atoms with Gasteiger partial charge in [-0.1, -0.05) is 0 Å². The summed E-state index contributed by atoms with van der Waals surface area (Å²) in [6.07, 6.45) is 2.48. The smallest absolute Gasteiger partial charge is 0.207 e. The number of hydrogen-bond donors (Lipinski definition) is 0. The molecule has 0 bridgehead atoms. The highest BCUT2D eigenvalue weighted by molar-refractivity contribution is 7.26. The van der Waals surface area contributed by atoms with E-state index in [1.807, 2.05) is 24.3 Å². The summed E-state index contributed by atoms with van der Waals surface area (Å²) in [5, 5.41) is 3.52. The van der Waals surface area contributed by atoms with Crippen LogP contribution in [0.5, 0.6) is 0 Å². The largest absolute Gasteiger partial charge is 0.288 e. The zero-order valence-corrected chi connectivity index (χ0v) is 26.5. The van der Waals surface area contributed by atoms with Crippen molar-refractivity contribution < 1.29 is 35.9 Å². The molecule has 0 aliphatic heterocycles. The van der Waals surface area contributed by atoms with Gasteiger partial charge in [-0.15, -0.1) is 45.3 Å². The van der Waals surface area contributed by atoms with E-state index in [4.69, 9.17) is 0 Å². The molecular weight excluding hydrogens is 715 g/mol. The SMILES string of the molecule is O=C(c1cnc(-c2nc3cc4cc5sc(-c6ncc(C(=O)c7cc(F)c(F)cc7F)s6)nc5cc4cc3s2)s1)c1cc(F)c(F)cc1F. The molecule has 0 amide bonds. The Balaban J connectivity index is 1.08. The van der Waals surface area contributed by atoms with Crippen LogP contribution in [-0.4, -0.2) is 31.5 Å². The first-order valence-electron chi connectivity index (χ1n) is 13.5. The van der Waals surface area contributed by atoms with Crippen molar-refractivity contribution in [2.75, 3.05) is 0 Å². The van der Waals surface area contributed by atoms with Gasteiger partial charge in [0.25, 0.3) is 0 Å². The normalized spacial score (nSPS) is 11.7. The van der Waals surface area contributed by atoms with Gasteiger partial charge in [0.15, 0.2) is 43.3 Å². The fraction of sp³-hybridized carbons (Fsp3) is 0. The van der Waals surface area contributed by atoms with Gasteiger partial charge in [0.1, 0.15) is 11.6 Å². The van der Waals surface area contributed by atoms with E-state index >= 15 is 0 Å². The Morgan fingerprint density at radius 1 is 0.458 bits per heavy atom. The number of benzene rings is 4. The molecule has 0 N–H and O–H groups in total. The quantitative estimate of drug-likeness (QED) is 0.0965. The minimum absolute atomic E-state index is 0.0367. The van der Waals surface area contributed by atoms with Crippen LogP contribution in [0.1, 0.15) is 30.5 Å². The highest BCUT2D eigenvalue weighted by Gasteiger charge is 2.23. The minimum atomic E-state index is -1.39. The number of ketones is 2. The first-order chi connectivity index (χ1) is 23.0. The molecule has 236 valence electrons. The minimum Gasteiger partial charge on any atom is -0.288 e. The first kappa shape index (κ1) is 30.4. The number of hydrogen-bond acceptors (Lipinski definition) is 10. The molecule has 48 heavy (non-hydrogen) atoms. The summed E-state index contributed by atoms with van der Waals surface area (Å²) in [5.74, 6) is -9.46. The predicted octanol–water partition coefficient (Wildman–Crippen LogP) is 9.60. The molecule has 0 saturated heterocycles. The van der Waals surface area contributed by atoms with Gasteiger partial charge in [-0.3, -0.25) is 9.59 Å². The number of fused-ring (bicyclic) bond motifs is 3. The topological polar surface area (TPSA) is 85.7 Å². The third-order valence-electron chi connectivity index (χ3n) is 7.19. The second-order valence-electron chi connectivity index (χ2n) is 10.2. The van der Waals surface area contributed by atoms with E-state index in [0.29, 0.717) is 55.3 Å². The average molecular weight is 725 g/mol. The summed E-state index contributed by atoms with van der Waals surface area (Å²) < 4.78 is 84.0. The zero-order chi connectivity index (χ0) is 33.4. The Hall–Kier alpha value is -4.90. The molecule has 4 heterocycles. The van der Waals surface area contributed by atoms with Gasteiger partial charge in [0, 0.05) is 24.5 Å². The zero-order valence-electron chi connectivity index (χ0n) is 23.3. The molecule has 0 fully saturated rings. The van der Waals surface area contributed by atoms with E-state index in [1.54, 1.807) is 0 Å². The first-order valence-corrected chi connectivity index (χ1v) is 16.7. The van der Waals surface area contributed by atoms with Crippen molar-refractivity contribution in [1.29, 1.82) is 0 Å². The maximum Gasteiger partial charge on any atom is 0.207 e. The summed E-state index contributed by atoms with van der Waals surface area (Å²) in [4.78, 5) is 43.5. The van der Waals surface area contributed by atoms with Crippen molar-refractivity contribution >= 4 is 88.1 Å². The molecule has 6 nitrogen and oxygen atoms in total. The summed E-state index contributed by atoms with van der Waals surface area (Å²) in [5.41, 5.74) is 0.122. The van der Waals surface area contributed by atoms with Crippen LogP contribution in [0.25, 0.3) is 51.2 Å². The lowest BCUT2D eigenvalue weighted by Crippen LogP contribution is -2.04. The van der Waals surface area contributed by atoms with Crippen LogP contribution in [0.4, 0.5) is 26.3 Å². The number of thiazole rings is 4. The number of carbonyl (C=O) groups excluding carboxylic acids is 2. The number of aromatic nitrogens is 4. The summed E-state index contributed by atoms with van der Waals surface area (Å²) >= 11 is 4.55. The third-order valence-corrected chi connectivity index (χ3v) is 11.5. The molecular formula is C32H10F6N4O2S4. The number of nitrogens with zero attached hydrogens (tertiary/aromatic N) is 4. The fourth-order valence-corrected chi connectivity index (χ4v) is 8.68. The standard InChI is InChI=1S/C32H10F6N4O2S4/c33-15-7-19(37)17(35)5-13(15)27(43)25-9-39-29(47-25)31-41-21-1-11-3-24-22(2-12(11)4-23(21)45-31)42-32(46-24)30-40-10-26(48-30)28(44)14-6-18(36)20(38)8-16(14)34/h1-10H. The van der Waals surface area contributed by atoms with Gasteiger partial charge in [-0.05, 0) is 47.2 Å². The molecule has 0 atom stereocenters. The Labute approximate surface area is 279 Å². The van der Waals surface area contributed by atoms with Crippen molar-refractivity contribution in [2.24, 2.45) is 0 Å². The molecule has 0 radical (unpaired) electrons. The second-order valence-corrected chi connectivity index (χ2v) is 14.4. The molecule has 0 unspecified atom stereocenters. The molecule has 0 saturated carbocycles. The molecule has 16 heteroatoms. The van der Waals surface area contributed by atoms with Crippen molar-refractivity contribution in [1.82, 2.24) is 19.9 Å². The highest BCUT2D eigenvalue weighted by atomic mass is 32.1. The van der Waals surface area contributed by atoms with Gasteiger partial charge >= 0.3 is 0 Å². The lowest BCUT2D eigenvalue weighted by molar-refractivity contribution is 0.103. The molecule has 8 rings (SSSR count). The summed E-state index contributed by atoms with van der Waals surface area (Å²) in [6, 6.07) is 9.32. The molecule has 8 aromatic rings. The van der Waals surface area contributed by atoms with E-state index in [-0.39, 0.29) is 9.75 Å². The number of rotatable bonds is 6. The third kappa shape index (κ3) is 5.17. The molecule has 0 aliphatic rings. The molecule has 4 aromatic carbocycles. The van der Waals surface area contributed by atoms with Gasteiger partial charge in [0.05, 0.1) is 41.3 Å². The molecule has 0 spiro atoms. The Kier molecular flexibility index (Phi) is 7.21. The Morgan fingerprint density at radius 3 is 1.27 bits per heavy atom. The van der Waals surface area contributed by atoms with Crippen molar-refractivity contribution in [3.05, 3.63) is 117 Å². The highest BCUT2D eigenvalue weighted by Crippen LogP contribution is 2.39. The van der Waals surface area contributed by atoms with Crippen molar-refractivity contribution in [2.45, 2.75) is 0 Å². The predicted molar refractivity (Wildman–Crippen MR) is 172 cm³/mol. The van der Waals surface area contributed by atoms with Crippen LogP contribution < -0.4 is 0 Å². The van der Waals surface area contributed by atoms with Crippen molar-refractivity contribution in [3.63, 3.8) is 0 Å². The van der Waals surface area contributed by atoms with E-state index in [0.717, 1.165) is 42.8 Å². The number of carbonyl (C=O) groups is 2. The van der Waals surface area contributed by atoms with Gasteiger partial charge in [-0.25, -0.2) is 46.3 Å². The van der Waals surface area contributed by atoms with Crippen LogP contribution >= 0.6 is 45.3 Å². The number of halogens is 6. The van der Waals surface area contributed by atoms with E-state index in [1.165, 1.54) is 35.1 Å². The van der Waals surface area contributed by atoms with Crippen LogP contribution in [0, 0.1) is 34.9 Å². The van der Waals surface area contributed by atoms with Gasteiger partial charge < -0.3 is 0 Å². The van der Waals surface area contributed by atoms with Gasteiger partial charge in [0.2, 0.25) is 11.6 Å². The molecule has 4 aromatic heterocycles. The van der Waals surface area contributed by atoms with Crippen LogP contribution in [0.3, 0.4) is 0 Å². The van der Waals surface area contributed by atoms with E-state index in [9.17, 15) is 35.9 Å². The summed E-state index contributed by atoms with van der Waals surface area (Å²) in [7, 11) is 0. The van der Waals surface area contributed by atoms with Crippen molar-refractivity contribution in [3.8, 4) is 20.0 Å². The van der Waals surface area contributed by atoms with Crippen LogP contribution in [0.15, 0.2) is 60.9 Å². The van der Waals surface area contributed by atoms with E-state index in [2.05, 4.69) is 19.9 Å². The lowest BCUT2D eigenvalue weighted by Gasteiger charge is -2.01. The van der Waals surface area contributed by atoms with Crippen LogP contribution in [0.2, 0.25) is 0 Å². The maximum atomic E-state index is 14.2. The maximum absolute atomic E-state index is 14.2. The Morgan fingerprint density at radius 2 is 0.854 bits per heavy atom.